The molecule has 0 atom stereocenters. The van der Waals surface area contributed by atoms with Gasteiger partial charge in [0.15, 0.2) is 0 Å². The van der Waals surface area contributed by atoms with E-state index in [2.05, 4.69) is 20.4 Å². The minimum atomic E-state index is -0.459. The summed E-state index contributed by atoms with van der Waals surface area (Å²) in [7, 11) is 0. The van der Waals surface area contributed by atoms with E-state index in [1.165, 1.54) is 13.8 Å². The van der Waals surface area contributed by atoms with Crippen LogP contribution in [-0.2, 0) is 9.59 Å². The van der Waals surface area contributed by atoms with E-state index in [4.69, 9.17) is 23.2 Å². The van der Waals surface area contributed by atoms with Crippen molar-refractivity contribution in [2.45, 2.75) is 13.8 Å². The molecule has 0 saturated carbocycles. The van der Waals surface area contributed by atoms with E-state index in [-0.39, 0.29) is 19.2 Å². The number of anilines is 2. The molecule has 0 saturated heterocycles. The number of hydrogen-bond acceptors (Lipinski definition) is 8. The van der Waals surface area contributed by atoms with Crippen molar-refractivity contribution in [2.75, 3.05) is 10.0 Å². The van der Waals surface area contributed by atoms with E-state index < -0.39 is 11.8 Å². The third-order valence-electron chi connectivity index (χ3n) is 1.94. The molecule has 2 rings (SSSR count). The molecule has 0 aliphatic rings. The lowest BCUT2D eigenvalue weighted by Crippen LogP contribution is -2.49. The number of carbonyl (C=O) groups is 2. The summed E-state index contributed by atoms with van der Waals surface area (Å²) in [5.74, 6) is -0.918. The average Bonchev–Trinajstić information content (AvgIpc) is 2.94. The predicted molar refractivity (Wildman–Crippen MR) is 76.2 cm³/mol. The largest absolute Gasteiger partial charge is 0.273 e. The Morgan fingerprint density at radius 3 is 1.40 bits per heavy atom. The maximum atomic E-state index is 11.8. The first-order valence-electron chi connectivity index (χ1n) is 4.99. The maximum absolute atomic E-state index is 11.8. The molecule has 20 heavy (non-hydrogen) atoms. The first kappa shape index (κ1) is 15.0. The van der Waals surface area contributed by atoms with Gasteiger partial charge in [-0.3, -0.25) is 9.59 Å². The molecule has 0 radical (unpaired) electrons. The molecule has 0 spiro atoms. The number of carbonyl (C=O) groups excluding carboxylic acids is 2. The third kappa shape index (κ3) is 3.03. The second-order valence-electron chi connectivity index (χ2n) is 3.34. The van der Waals surface area contributed by atoms with Gasteiger partial charge in [0.05, 0.1) is 0 Å². The fraction of sp³-hybridized carbons (Fsp3) is 0.250. The van der Waals surface area contributed by atoms with E-state index in [1.807, 2.05) is 0 Å². The summed E-state index contributed by atoms with van der Waals surface area (Å²) >= 11 is 13.3. The topological polar surface area (TPSA) is 92.2 Å². The van der Waals surface area contributed by atoms with Crippen LogP contribution in [0.3, 0.4) is 0 Å². The van der Waals surface area contributed by atoms with Crippen LogP contribution >= 0.6 is 45.9 Å². The Bertz CT molecular complexity index is 603. The smallest absolute Gasteiger partial charge is 0.245 e. The molecular formula is C8H6Cl2N6O2S2. The number of hydrazine groups is 1. The summed E-state index contributed by atoms with van der Waals surface area (Å²) in [6.07, 6.45) is 0. The highest BCUT2D eigenvalue weighted by Crippen LogP contribution is 2.30. The molecule has 2 aromatic rings. The van der Waals surface area contributed by atoms with Crippen molar-refractivity contribution < 1.29 is 9.59 Å². The monoisotopic (exact) mass is 352 g/mol. The molecular weight excluding hydrogens is 347 g/mol. The van der Waals surface area contributed by atoms with Gasteiger partial charge in [0.1, 0.15) is 0 Å². The third-order valence-corrected chi connectivity index (χ3v) is 3.93. The van der Waals surface area contributed by atoms with E-state index in [0.717, 1.165) is 32.7 Å². The standard InChI is InChI=1S/C8H6Cl2N6O2S2/c1-3(17)15(7-13-11-5(9)19-7)16(4(2)18)8-14-12-6(10)20-8/h1-2H3. The Morgan fingerprint density at radius 1 is 0.850 bits per heavy atom. The summed E-state index contributed by atoms with van der Waals surface area (Å²) in [5.41, 5.74) is 0. The first-order chi connectivity index (χ1) is 9.40. The molecule has 106 valence electrons. The second kappa shape index (κ2) is 5.95. The number of halogens is 2. The molecule has 0 N–H and O–H groups in total. The zero-order valence-corrected chi connectivity index (χ0v) is 13.2. The maximum Gasteiger partial charge on any atom is 0.245 e. The Morgan fingerprint density at radius 2 is 1.20 bits per heavy atom. The van der Waals surface area contributed by atoms with Crippen LogP contribution in [0.25, 0.3) is 0 Å². The van der Waals surface area contributed by atoms with Crippen LogP contribution in [0.4, 0.5) is 10.3 Å². The van der Waals surface area contributed by atoms with Crippen LogP contribution in [0, 0.1) is 0 Å². The molecule has 0 aliphatic carbocycles. The van der Waals surface area contributed by atoms with Gasteiger partial charge in [0.25, 0.3) is 0 Å². The van der Waals surface area contributed by atoms with Crippen molar-refractivity contribution in [3.05, 3.63) is 8.93 Å². The molecule has 2 amide bonds. The van der Waals surface area contributed by atoms with Crippen molar-refractivity contribution in [2.24, 2.45) is 0 Å². The Labute approximate surface area is 130 Å². The highest BCUT2D eigenvalue weighted by atomic mass is 35.5. The van der Waals surface area contributed by atoms with E-state index in [0.29, 0.717) is 0 Å². The van der Waals surface area contributed by atoms with Gasteiger partial charge in [-0.15, -0.1) is 20.4 Å². The molecule has 12 heteroatoms. The van der Waals surface area contributed by atoms with Gasteiger partial charge < -0.3 is 0 Å². The van der Waals surface area contributed by atoms with Gasteiger partial charge in [-0.25, -0.2) is 0 Å². The minimum absolute atomic E-state index is 0.143. The van der Waals surface area contributed by atoms with E-state index >= 15 is 0 Å². The van der Waals surface area contributed by atoms with E-state index in [9.17, 15) is 9.59 Å². The van der Waals surface area contributed by atoms with Crippen LogP contribution in [0.5, 0.6) is 0 Å². The van der Waals surface area contributed by atoms with Gasteiger partial charge in [0, 0.05) is 13.8 Å². The van der Waals surface area contributed by atoms with Gasteiger partial charge in [-0.1, -0.05) is 22.7 Å². The first-order valence-corrected chi connectivity index (χ1v) is 7.38. The molecule has 0 aromatic carbocycles. The summed E-state index contributed by atoms with van der Waals surface area (Å²) in [4.78, 5) is 23.7. The van der Waals surface area contributed by atoms with Crippen molar-refractivity contribution >= 4 is 68.0 Å². The van der Waals surface area contributed by atoms with Crippen LogP contribution in [0.1, 0.15) is 13.8 Å². The lowest BCUT2D eigenvalue weighted by Gasteiger charge is -2.27. The summed E-state index contributed by atoms with van der Waals surface area (Å²) in [5, 5.41) is 17.0. The fourth-order valence-corrected chi connectivity index (χ4v) is 3.00. The summed E-state index contributed by atoms with van der Waals surface area (Å²) in [6.45, 7) is 2.54. The Balaban J connectivity index is 2.49. The quantitative estimate of drug-likeness (QED) is 0.767. The highest BCUT2D eigenvalue weighted by Gasteiger charge is 2.30. The van der Waals surface area contributed by atoms with E-state index in [1.54, 1.807) is 0 Å². The molecule has 0 bridgehead atoms. The average molecular weight is 353 g/mol. The Kier molecular flexibility index (Phi) is 4.48. The lowest BCUT2D eigenvalue weighted by atomic mass is 10.6. The van der Waals surface area contributed by atoms with Crippen molar-refractivity contribution in [3.63, 3.8) is 0 Å². The zero-order valence-electron chi connectivity index (χ0n) is 10.1. The van der Waals surface area contributed by atoms with Gasteiger partial charge in [-0.2, -0.15) is 10.0 Å². The number of aromatic nitrogens is 4. The minimum Gasteiger partial charge on any atom is -0.273 e. The predicted octanol–water partition coefficient (Wildman–Crippen LogP) is 2.02. The fourth-order valence-electron chi connectivity index (χ4n) is 1.29. The van der Waals surface area contributed by atoms with Crippen LogP contribution in [0.15, 0.2) is 0 Å². The highest BCUT2D eigenvalue weighted by molar-refractivity contribution is 7.20. The second-order valence-corrected chi connectivity index (χ2v) is 6.41. The van der Waals surface area contributed by atoms with Gasteiger partial charge >= 0.3 is 0 Å². The lowest BCUT2D eigenvalue weighted by molar-refractivity contribution is -0.121. The van der Waals surface area contributed by atoms with Crippen molar-refractivity contribution in [1.82, 2.24) is 20.4 Å². The van der Waals surface area contributed by atoms with Crippen LogP contribution in [0.2, 0.25) is 8.93 Å². The molecule has 0 aliphatic heterocycles. The number of hydrogen-bond donors (Lipinski definition) is 0. The molecule has 8 nitrogen and oxygen atoms in total. The van der Waals surface area contributed by atoms with Gasteiger partial charge in [0.2, 0.25) is 31.0 Å². The summed E-state index contributed by atoms with van der Waals surface area (Å²) in [6, 6.07) is 0. The molecule has 2 aromatic heterocycles. The van der Waals surface area contributed by atoms with Crippen molar-refractivity contribution in [3.8, 4) is 0 Å². The summed E-state index contributed by atoms with van der Waals surface area (Å²) < 4.78 is 0.287. The normalized spacial score (nSPS) is 10.4. The Hall–Kier alpha value is -1.36. The number of nitrogens with zero attached hydrogens (tertiary/aromatic N) is 6. The van der Waals surface area contributed by atoms with Gasteiger partial charge in [-0.05, 0) is 23.2 Å². The van der Waals surface area contributed by atoms with Crippen molar-refractivity contribution in [1.29, 1.82) is 0 Å². The number of rotatable bonds is 2. The SMILES string of the molecule is CC(=O)N(c1nnc(Cl)s1)N(C(C)=O)c1nnc(Cl)s1. The molecule has 0 fully saturated rings. The molecule has 2 heterocycles. The van der Waals surface area contributed by atoms with Crippen LogP contribution < -0.4 is 10.0 Å². The zero-order chi connectivity index (χ0) is 14.9. The molecule has 0 unspecified atom stereocenters. The number of amides is 2. The van der Waals surface area contributed by atoms with Crippen LogP contribution in [-0.4, -0.2) is 32.2 Å².